The summed E-state index contributed by atoms with van der Waals surface area (Å²) in [6.45, 7) is -0.294. The van der Waals surface area contributed by atoms with Crippen LogP contribution in [0.3, 0.4) is 0 Å². The van der Waals surface area contributed by atoms with Gasteiger partial charge in [0.2, 0.25) is 0 Å². The molecule has 0 saturated heterocycles. The molecule has 8 aromatic carbocycles. The summed E-state index contributed by atoms with van der Waals surface area (Å²) in [4.78, 5) is 2.31. The van der Waals surface area contributed by atoms with E-state index in [1.807, 2.05) is 60.7 Å². The van der Waals surface area contributed by atoms with Crippen LogP contribution in [0.2, 0.25) is 0 Å². The van der Waals surface area contributed by atoms with Crippen molar-refractivity contribution in [2.24, 2.45) is 0 Å². The van der Waals surface area contributed by atoms with Gasteiger partial charge in [-0.15, -0.1) is 0 Å². The first-order valence-electron chi connectivity index (χ1n) is 18.8. The van der Waals surface area contributed by atoms with Crippen LogP contribution in [0.4, 0.5) is 17.1 Å². The molecular weight excluding hydrogens is 697 g/mol. The normalized spacial score (nSPS) is 13.2. The number of anilines is 3. The number of para-hydroxylation sites is 5. The third-order valence-electron chi connectivity index (χ3n) is 11.4. The summed E-state index contributed by atoms with van der Waals surface area (Å²) in [7, 11) is -2.89. The molecule has 0 atom stereocenters. The molecule has 2 heterocycles. The molecule has 0 saturated carbocycles. The highest BCUT2D eigenvalue weighted by Gasteiger charge is 2.49. The first-order chi connectivity index (χ1) is 27.7. The fraction of sp³-hybridized carbons (Fsp3) is 0. The summed E-state index contributed by atoms with van der Waals surface area (Å²) in [6, 6.07) is 72.6. The zero-order valence-corrected chi connectivity index (χ0v) is 31.3. The zero-order valence-electron chi connectivity index (χ0n) is 30.3. The Morgan fingerprint density at radius 1 is 0.446 bits per heavy atom. The Bertz CT molecular complexity index is 2760. The molecule has 0 N–H and O–H groups in total. The average Bonchev–Trinajstić information content (AvgIpc) is 3.27. The molecule has 6 heteroatoms. The van der Waals surface area contributed by atoms with Crippen LogP contribution in [-0.2, 0) is 0 Å². The van der Waals surface area contributed by atoms with Crippen molar-refractivity contribution >= 4 is 69.0 Å². The lowest BCUT2D eigenvalue weighted by molar-refractivity contribution is 0.487. The fourth-order valence-electron chi connectivity index (χ4n) is 9.17. The molecule has 0 radical (unpaired) electrons. The van der Waals surface area contributed by atoms with Gasteiger partial charge < -0.3 is 9.64 Å². The van der Waals surface area contributed by atoms with E-state index in [9.17, 15) is 10.5 Å². The molecule has 0 fully saturated rings. The van der Waals surface area contributed by atoms with Crippen LogP contribution in [0.1, 0.15) is 11.1 Å². The summed E-state index contributed by atoms with van der Waals surface area (Å²) >= 11 is 0. The van der Waals surface area contributed by atoms with E-state index >= 15 is 0 Å². The van der Waals surface area contributed by atoms with E-state index in [-0.39, 0.29) is 6.71 Å². The molecule has 0 bridgehead atoms. The Balaban J connectivity index is 1.29. The van der Waals surface area contributed by atoms with Crippen molar-refractivity contribution in [2.45, 2.75) is 0 Å². The van der Waals surface area contributed by atoms with Gasteiger partial charge in [-0.3, -0.25) is 0 Å². The highest BCUT2D eigenvalue weighted by molar-refractivity contribution is 7.21. The number of nitriles is 2. The summed E-state index contributed by atoms with van der Waals surface area (Å²) < 4.78 is 6.44. The molecule has 2 aliphatic rings. The number of ether oxygens (including phenoxy) is 1. The van der Waals surface area contributed by atoms with E-state index in [1.54, 1.807) is 0 Å². The Morgan fingerprint density at radius 3 is 1.46 bits per heavy atom. The van der Waals surface area contributed by atoms with Gasteiger partial charge in [0.25, 0.3) is 6.71 Å². The standard InChI is InChI=1S/C50H32BN3OSi/c52-33-35-17-15-23-39(49(35)51-41-25-7-11-29-45(41)55-46-30-12-8-26-42(46)51)40-24-16-18-36(34-53)50(40)54-43-27-9-13-31-47(43)56(37-19-3-1-4-20-37,38-21-5-2-6-22-38)48-32-14-10-28-44(48)54/h1-32H. The van der Waals surface area contributed by atoms with Crippen LogP contribution in [0.5, 0.6) is 11.5 Å². The van der Waals surface area contributed by atoms with Gasteiger partial charge in [0.15, 0.2) is 8.07 Å². The van der Waals surface area contributed by atoms with E-state index < -0.39 is 8.07 Å². The van der Waals surface area contributed by atoms with Gasteiger partial charge in [0.1, 0.15) is 17.6 Å². The molecule has 260 valence electrons. The maximum Gasteiger partial charge on any atom is 0.253 e. The van der Waals surface area contributed by atoms with E-state index in [2.05, 4.69) is 150 Å². The van der Waals surface area contributed by atoms with Crippen molar-refractivity contribution in [3.63, 3.8) is 0 Å². The van der Waals surface area contributed by atoms with E-state index in [0.29, 0.717) is 11.1 Å². The van der Waals surface area contributed by atoms with Crippen LogP contribution in [-0.4, -0.2) is 14.8 Å². The van der Waals surface area contributed by atoms with E-state index in [0.717, 1.165) is 56.1 Å². The number of benzene rings is 8. The smallest absolute Gasteiger partial charge is 0.253 e. The summed E-state index contributed by atoms with van der Waals surface area (Å²) in [5.41, 5.74) is 8.59. The Kier molecular flexibility index (Phi) is 8.00. The van der Waals surface area contributed by atoms with E-state index in [4.69, 9.17) is 4.74 Å². The third kappa shape index (κ3) is 4.91. The SMILES string of the molecule is N#Cc1cccc(-c2cccc(C#N)c2N2c3ccccc3[Si](c3ccccc3)(c3ccccc3)c3ccccc32)c1B1c2ccccc2Oc2ccccc21. The molecule has 0 spiro atoms. The first kappa shape index (κ1) is 33.2. The van der Waals surface area contributed by atoms with Crippen molar-refractivity contribution in [3.05, 3.63) is 205 Å². The Morgan fingerprint density at radius 2 is 0.911 bits per heavy atom. The van der Waals surface area contributed by atoms with Gasteiger partial charge in [-0.25, -0.2) is 0 Å². The van der Waals surface area contributed by atoms with Crippen molar-refractivity contribution < 1.29 is 4.74 Å². The minimum absolute atomic E-state index is 0.294. The number of hydrogen-bond acceptors (Lipinski definition) is 4. The maximum atomic E-state index is 11.0. The largest absolute Gasteiger partial charge is 0.458 e. The molecule has 10 rings (SSSR count). The van der Waals surface area contributed by atoms with Gasteiger partial charge in [-0.1, -0.05) is 158 Å². The second kappa shape index (κ2) is 13.5. The van der Waals surface area contributed by atoms with Crippen LogP contribution in [0.15, 0.2) is 194 Å². The predicted molar refractivity (Wildman–Crippen MR) is 231 cm³/mol. The van der Waals surface area contributed by atoms with Crippen molar-refractivity contribution in [1.29, 1.82) is 10.5 Å². The highest BCUT2D eigenvalue weighted by Crippen LogP contribution is 2.45. The van der Waals surface area contributed by atoms with Crippen molar-refractivity contribution in [2.75, 3.05) is 4.90 Å². The number of hydrogen-bond donors (Lipinski definition) is 0. The molecule has 4 nitrogen and oxygen atoms in total. The molecule has 56 heavy (non-hydrogen) atoms. The number of rotatable bonds is 5. The number of fused-ring (bicyclic) bond motifs is 4. The van der Waals surface area contributed by atoms with Crippen molar-refractivity contribution in [1.82, 2.24) is 0 Å². The van der Waals surface area contributed by atoms with Gasteiger partial charge in [0, 0.05) is 22.5 Å². The summed E-state index contributed by atoms with van der Waals surface area (Å²) in [5, 5.41) is 26.9. The molecule has 0 aromatic heterocycles. The first-order valence-corrected chi connectivity index (χ1v) is 20.8. The fourth-order valence-corrected chi connectivity index (χ4v) is 14.3. The van der Waals surface area contributed by atoms with Crippen LogP contribution in [0.25, 0.3) is 11.1 Å². The van der Waals surface area contributed by atoms with Crippen LogP contribution >= 0.6 is 0 Å². The highest BCUT2D eigenvalue weighted by atomic mass is 28.3. The maximum absolute atomic E-state index is 11.0. The summed E-state index contributed by atoms with van der Waals surface area (Å²) in [6.07, 6.45) is 0. The minimum Gasteiger partial charge on any atom is -0.458 e. The lowest BCUT2D eigenvalue weighted by atomic mass is 9.34. The second-order valence-electron chi connectivity index (χ2n) is 14.2. The van der Waals surface area contributed by atoms with Crippen LogP contribution in [0, 0.1) is 22.7 Å². The molecular formula is C50H32BN3OSi. The van der Waals surface area contributed by atoms with Gasteiger partial charge in [-0.05, 0) is 79.1 Å². The minimum atomic E-state index is -2.89. The second-order valence-corrected chi connectivity index (χ2v) is 17.9. The Labute approximate surface area is 327 Å². The third-order valence-corrected chi connectivity index (χ3v) is 16.2. The molecule has 0 unspecified atom stereocenters. The predicted octanol–water partition coefficient (Wildman–Crippen LogP) is 6.88. The monoisotopic (exact) mass is 729 g/mol. The quantitative estimate of drug-likeness (QED) is 0.182. The average molecular weight is 730 g/mol. The summed E-state index contributed by atoms with van der Waals surface area (Å²) in [5.74, 6) is 1.53. The van der Waals surface area contributed by atoms with Gasteiger partial charge in [0.05, 0.1) is 17.3 Å². The van der Waals surface area contributed by atoms with Crippen LogP contribution < -0.4 is 46.8 Å². The number of nitrogens with zero attached hydrogens (tertiary/aromatic N) is 3. The lowest BCUT2D eigenvalue weighted by Crippen LogP contribution is -2.77. The van der Waals surface area contributed by atoms with Crippen molar-refractivity contribution in [3.8, 4) is 34.8 Å². The zero-order chi connectivity index (χ0) is 37.6. The van der Waals surface area contributed by atoms with Gasteiger partial charge >= 0.3 is 0 Å². The van der Waals surface area contributed by atoms with E-state index in [1.165, 1.54) is 20.7 Å². The lowest BCUT2D eigenvalue weighted by Gasteiger charge is -2.45. The molecule has 0 aliphatic carbocycles. The van der Waals surface area contributed by atoms with Gasteiger partial charge in [-0.2, -0.15) is 10.5 Å². The Hall–Kier alpha value is -7.38. The molecule has 0 amide bonds. The topological polar surface area (TPSA) is 60.0 Å². The molecule has 2 aliphatic heterocycles. The molecule has 8 aromatic rings.